The number of carbonyl (C=O) groups is 1. The fraction of sp³-hybridized carbons (Fsp3) is 0.188. The molecule has 4 nitrogen and oxygen atoms in total. The van der Waals surface area contributed by atoms with Crippen LogP contribution < -0.4 is 11.1 Å². The van der Waals surface area contributed by atoms with Gasteiger partial charge in [0, 0.05) is 11.3 Å². The van der Waals surface area contributed by atoms with Gasteiger partial charge in [-0.1, -0.05) is 24.3 Å². The molecule has 0 aliphatic carbocycles. The first-order valence-corrected chi connectivity index (χ1v) is 6.36. The van der Waals surface area contributed by atoms with Gasteiger partial charge in [-0.2, -0.15) is 0 Å². The van der Waals surface area contributed by atoms with Crippen LogP contribution in [0.15, 0.2) is 59.8 Å². The lowest BCUT2D eigenvalue weighted by Crippen LogP contribution is -2.28. The number of allylic oxidation sites excluding steroid dienone is 5. The lowest BCUT2D eigenvalue weighted by Gasteiger charge is -2.07. The van der Waals surface area contributed by atoms with E-state index in [-0.39, 0.29) is 18.2 Å². The number of phenolic OH excluding ortho intramolecular Hbond substituents is 1. The van der Waals surface area contributed by atoms with Gasteiger partial charge in [0.15, 0.2) is 0 Å². The van der Waals surface area contributed by atoms with Gasteiger partial charge in [-0.05, 0) is 43.7 Å². The lowest BCUT2D eigenvalue weighted by molar-refractivity contribution is 0.0957. The molecule has 0 unspecified atom stereocenters. The van der Waals surface area contributed by atoms with Crippen molar-refractivity contribution in [3.63, 3.8) is 0 Å². The zero-order valence-corrected chi connectivity index (χ0v) is 11.8. The Morgan fingerprint density at radius 1 is 1.30 bits per heavy atom. The molecule has 106 valence electrons. The topological polar surface area (TPSA) is 75.3 Å². The number of phenols is 1. The molecule has 0 heterocycles. The van der Waals surface area contributed by atoms with Crippen molar-refractivity contribution in [1.29, 1.82) is 0 Å². The van der Waals surface area contributed by atoms with Gasteiger partial charge in [0.25, 0.3) is 5.91 Å². The summed E-state index contributed by atoms with van der Waals surface area (Å²) in [6.45, 7) is 4.11. The maximum absolute atomic E-state index is 11.8. The van der Waals surface area contributed by atoms with Crippen molar-refractivity contribution in [2.75, 3.05) is 6.54 Å². The van der Waals surface area contributed by atoms with E-state index in [1.165, 1.54) is 12.1 Å². The second-order valence-electron chi connectivity index (χ2n) is 4.32. The normalized spacial score (nSPS) is 12.7. The maximum Gasteiger partial charge on any atom is 0.251 e. The fourth-order valence-corrected chi connectivity index (χ4v) is 1.45. The number of benzene rings is 1. The van der Waals surface area contributed by atoms with Crippen molar-refractivity contribution in [2.24, 2.45) is 5.73 Å². The van der Waals surface area contributed by atoms with Crippen LogP contribution in [-0.2, 0) is 0 Å². The highest BCUT2D eigenvalue weighted by Gasteiger charge is 2.05. The van der Waals surface area contributed by atoms with Gasteiger partial charge in [-0.15, -0.1) is 0 Å². The van der Waals surface area contributed by atoms with E-state index in [9.17, 15) is 4.79 Å². The number of amides is 1. The number of nitrogens with two attached hydrogens (primary N) is 1. The molecular weight excluding hydrogens is 252 g/mol. The van der Waals surface area contributed by atoms with E-state index < -0.39 is 0 Å². The SMILES string of the molecule is C\C=C/C=C\C(C)=C(\N)CNC(=O)c1ccc(O)cc1. The van der Waals surface area contributed by atoms with Gasteiger partial charge in [-0.25, -0.2) is 0 Å². The van der Waals surface area contributed by atoms with Crippen molar-refractivity contribution < 1.29 is 9.90 Å². The molecule has 4 N–H and O–H groups in total. The Morgan fingerprint density at radius 3 is 2.55 bits per heavy atom. The van der Waals surface area contributed by atoms with E-state index in [2.05, 4.69) is 5.32 Å². The standard InChI is InChI=1S/C16H20N2O2/c1-3-4-5-6-12(2)15(17)11-18-16(20)13-7-9-14(19)10-8-13/h3-10,19H,11,17H2,1-2H3,(H,18,20)/b4-3-,6-5-,15-12+. The Labute approximate surface area is 119 Å². The number of hydrogen-bond acceptors (Lipinski definition) is 3. The van der Waals surface area contributed by atoms with Crippen LogP contribution in [0.5, 0.6) is 5.75 Å². The van der Waals surface area contributed by atoms with Crippen LogP contribution in [0, 0.1) is 0 Å². The Bertz CT molecular complexity index is 540. The number of carbonyl (C=O) groups excluding carboxylic acids is 1. The monoisotopic (exact) mass is 272 g/mol. The van der Waals surface area contributed by atoms with Crippen LogP contribution in [0.3, 0.4) is 0 Å². The number of rotatable bonds is 5. The van der Waals surface area contributed by atoms with Crippen molar-refractivity contribution in [2.45, 2.75) is 13.8 Å². The largest absolute Gasteiger partial charge is 0.508 e. The van der Waals surface area contributed by atoms with Crippen LogP contribution in [-0.4, -0.2) is 17.6 Å². The first-order chi connectivity index (χ1) is 9.54. The van der Waals surface area contributed by atoms with Crippen molar-refractivity contribution >= 4 is 5.91 Å². The average molecular weight is 272 g/mol. The predicted octanol–water partition coefficient (Wildman–Crippen LogP) is 2.49. The third kappa shape index (κ3) is 5.02. The summed E-state index contributed by atoms with van der Waals surface area (Å²) in [6.07, 6.45) is 7.62. The molecule has 0 spiro atoms. The Kier molecular flexibility index (Phi) is 6.10. The summed E-state index contributed by atoms with van der Waals surface area (Å²) >= 11 is 0. The molecule has 0 fully saturated rings. The fourth-order valence-electron chi connectivity index (χ4n) is 1.45. The first kappa shape index (κ1) is 15.6. The summed E-state index contributed by atoms with van der Waals surface area (Å²) in [5.74, 6) is -0.0934. The van der Waals surface area contributed by atoms with Crippen molar-refractivity contribution in [1.82, 2.24) is 5.32 Å². The molecule has 1 aromatic carbocycles. The van der Waals surface area contributed by atoms with Gasteiger partial charge in [0.1, 0.15) is 5.75 Å². The van der Waals surface area contributed by atoms with Gasteiger partial charge in [-0.3, -0.25) is 4.79 Å². The summed E-state index contributed by atoms with van der Waals surface area (Å²) in [5.41, 5.74) is 7.90. The molecule has 0 aliphatic heterocycles. The van der Waals surface area contributed by atoms with Gasteiger partial charge in [0.2, 0.25) is 0 Å². The number of aromatic hydroxyl groups is 1. The Balaban J connectivity index is 2.60. The van der Waals surface area contributed by atoms with Crippen LogP contribution in [0.4, 0.5) is 0 Å². The smallest absolute Gasteiger partial charge is 0.251 e. The third-order valence-corrected chi connectivity index (χ3v) is 2.73. The summed E-state index contributed by atoms with van der Waals surface area (Å²) in [7, 11) is 0. The molecule has 1 aromatic rings. The Morgan fingerprint density at radius 2 is 1.95 bits per heavy atom. The molecule has 0 aromatic heterocycles. The van der Waals surface area contributed by atoms with Gasteiger partial charge in [0.05, 0.1) is 6.54 Å². The molecule has 0 saturated carbocycles. The zero-order chi connectivity index (χ0) is 15.0. The van der Waals surface area contributed by atoms with E-state index in [1.54, 1.807) is 12.1 Å². The number of nitrogens with one attached hydrogen (secondary N) is 1. The minimum absolute atomic E-state index is 0.130. The van der Waals surface area contributed by atoms with Crippen molar-refractivity contribution in [3.05, 3.63) is 65.4 Å². The summed E-state index contributed by atoms with van der Waals surface area (Å²) in [5, 5.41) is 11.9. The van der Waals surface area contributed by atoms with E-state index >= 15 is 0 Å². The van der Waals surface area contributed by atoms with Crippen LogP contribution >= 0.6 is 0 Å². The summed E-state index contributed by atoms with van der Waals surface area (Å²) in [6, 6.07) is 6.06. The molecule has 0 aliphatic rings. The van der Waals surface area contributed by atoms with E-state index in [0.717, 1.165) is 5.57 Å². The van der Waals surface area contributed by atoms with Crippen LogP contribution in [0.2, 0.25) is 0 Å². The molecule has 0 saturated heterocycles. The van der Waals surface area contributed by atoms with E-state index in [4.69, 9.17) is 10.8 Å². The second-order valence-corrected chi connectivity index (χ2v) is 4.32. The highest BCUT2D eigenvalue weighted by molar-refractivity contribution is 5.94. The summed E-state index contributed by atoms with van der Waals surface area (Å²) in [4.78, 5) is 11.8. The molecular formula is C16H20N2O2. The third-order valence-electron chi connectivity index (χ3n) is 2.73. The average Bonchev–Trinajstić information content (AvgIpc) is 2.45. The first-order valence-electron chi connectivity index (χ1n) is 6.36. The molecule has 1 amide bonds. The van der Waals surface area contributed by atoms with Gasteiger partial charge < -0.3 is 16.2 Å². The maximum atomic E-state index is 11.8. The lowest BCUT2D eigenvalue weighted by atomic mass is 10.2. The molecule has 0 bridgehead atoms. The highest BCUT2D eigenvalue weighted by Crippen LogP contribution is 2.09. The molecule has 0 atom stereocenters. The molecule has 1 rings (SSSR count). The molecule has 0 radical (unpaired) electrons. The van der Waals surface area contributed by atoms with Gasteiger partial charge >= 0.3 is 0 Å². The van der Waals surface area contributed by atoms with Crippen LogP contribution in [0.1, 0.15) is 24.2 Å². The predicted molar refractivity (Wildman–Crippen MR) is 81.3 cm³/mol. The minimum Gasteiger partial charge on any atom is -0.508 e. The summed E-state index contributed by atoms with van der Waals surface area (Å²) < 4.78 is 0. The van der Waals surface area contributed by atoms with Crippen molar-refractivity contribution in [3.8, 4) is 5.75 Å². The minimum atomic E-state index is -0.224. The van der Waals surface area contributed by atoms with E-state index in [0.29, 0.717) is 11.3 Å². The second kappa shape index (κ2) is 7.84. The zero-order valence-electron chi connectivity index (χ0n) is 11.8. The van der Waals surface area contributed by atoms with Crippen LogP contribution in [0.25, 0.3) is 0 Å². The van der Waals surface area contributed by atoms with E-state index in [1.807, 2.05) is 38.2 Å². The number of hydrogen-bond donors (Lipinski definition) is 3. The molecule has 4 heteroatoms. The highest BCUT2D eigenvalue weighted by atomic mass is 16.3. The quantitative estimate of drug-likeness (QED) is 0.721. The Hall–Kier alpha value is -2.49. The molecule has 20 heavy (non-hydrogen) atoms.